The molecule has 0 bridgehead atoms. The van der Waals surface area contributed by atoms with Crippen LogP contribution < -0.4 is 5.73 Å². The van der Waals surface area contributed by atoms with Crippen molar-refractivity contribution in [2.75, 3.05) is 0 Å². The number of aromatic nitrogens is 2. The Hall–Kier alpha value is -2.22. The fraction of sp³-hybridized carbons (Fsp3) is 0.0909. The van der Waals surface area contributed by atoms with Crippen molar-refractivity contribution in [2.45, 2.75) is 6.54 Å². The molecule has 7 nitrogen and oxygen atoms in total. The molecule has 1 aromatic carbocycles. The second-order valence-corrected chi connectivity index (χ2v) is 4.63. The third-order valence-electron chi connectivity index (χ3n) is 2.49. The molecule has 0 unspecified atom stereocenters. The van der Waals surface area contributed by atoms with Gasteiger partial charge < -0.3 is 15.8 Å². The first-order chi connectivity index (χ1) is 8.99. The molecule has 1 heterocycles. The highest BCUT2D eigenvalue weighted by Gasteiger charge is 2.19. The summed E-state index contributed by atoms with van der Waals surface area (Å²) in [4.78, 5) is 21.4. The lowest BCUT2D eigenvalue weighted by molar-refractivity contribution is -0.390. The first-order valence-corrected chi connectivity index (χ1v) is 6.03. The minimum Gasteiger partial charge on any atom is -0.366 e. The van der Waals surface area contributed by atoms with E-state index >= 15 is 0 Å². The van der Waals surface area contributed by atoms with E-state index in [0.717, 1.165) is 0 Å². The second kappa shape index (κ2) is 5.19. The van der Waals surface area contributed by atoms with Crippen LogP contribution in [0, 0.1) is 10.1 Å². The summed E-state index contributed by atoms with van der Waals surface area (Å²) in [6.07, 6.45) is 1.48. The van der Waals surface area contributed by atoms with E-state index in [1.54, 1.807) is 24.3 Å². The molecule has 8 heteroatoms. The molecule has 98 valence electrons. The van der Waals surface area contributed by atoms with Crippen molar-refractivity contribution in [3.8, 4) is 0 Å². The van der Waals surface area contributed by atoms with Gasteiger partial charge in [-0.3, -0.25) is 4.79 Å². The summed E-state index contributed by atoms with van der Waals surface area (Å²) in [5.41, 5.74) is 6.29. The molecular formula is C11H9BrN4O3. The van der Waals surface area contributed by atoms with Gasteiger partial charge in [-0.05, 0) is 32.5 Å². The number of benzene rings is 1. The average Bonchev–Trinajstić information content (AvgIpc) is 2.71. The molecule has 2 rings (SSSR count). The van der Waals surface area contributed by atoms with Crippen molar-refractivity contribution in [1.82, 2.24) is 9.78 Å². The van der Waals surface area contributed by atoms with Gasteiger partial charge in [0.2, 0.25) is 5.91 Å². The lowest BCUT2D eigenvalue weighted by atomic mass is 10.1. The normalized spacial score (nSPS) is 10.4. The number of hydrogen-bond acceptors (Lipinski definition) is 4. The van der Waals surface area contributed by atoms with E-state index in [4.69, 9.17) is 5.73 Å². The maximum Gasteiger partial charge on any atom is 0.404 e. The summed E-state index contributed by atoms with van der Waals surface area (Å²) in [7, 11) is 0. The highest BCUT2D eigenvalue weighted by Crippen LogP contribution is 2.22. The molecule has 0 saturated heterocycles. The molecule has 0 aliphatic carbocycles. The Bertz CT molecular complexity index is 653. The summed E-state index contributed by atoms with van der Waals surface area (Å²) in [6.45, 7) is 0.228. The first-order valence-electron chi connectivity index (χ1n) is 5.24. The highest BCUT2D eigenvalue weighted by atomic mass is 79.9. The van der Waals surface area contributed by atoms with Gasteiger partial charge in [0.1, 0.15) is 4.47 Å². The molecule has 2 aromatic rings. The number of carbonyl (C=O) groups excluding carboxylic acids is 1. The predicted molar refractivity (Wildman–Crippen MR) is 70.6 cm³/mol. The monoisotopic (exact) mass is 324 g/mol. The van der Waals surface area contributed by atoms with Crippen LogP contribution in [0.4, 0.5) is 5.82 Å². The van der Waals surface area contributed by atoms with Crippen molar-refractivity contribution >= 4 is 27.7 Å². The average molecular weight is 325 g/mol. The molecule has 1 amide bonds. The number of nitrogens with two attached hydrogens (primary N) is 1. The van der Waals surface area contributed by atoms with E-state index in [9.17, 15) is 14.9 Å². The molecule has 0 aliphatic rings. The summed E-state index contributed by atoms with van der Waals surface area (Å²) >= 11 is 3.06. The SMILES string of the molecule is NC(=O)c1ccccc1Cn1cc(Br)c([N+](=O)[O-])n1. The number of rotatable bonds is 4. The molecule has 1 aromatic heterocycles. The van der Waals surface area contributed by atoms with Crippen LogP contribution in [-0.2, 0) is 6.54 Å². The van der Waals surface area contributed by atoms with E-state index in [0.29, 0.717) is 11.1 Å². The number of primary amides is 1. The van der Waals surface area contributed by atoms with Crippen LogP contribution in [0.5, 0.6) is 0 Å². The molecule has 0 radical (unpaired) electrons. The highest BCUT2D eigenvalue weighted by molar-refractivity contribution is 9.10. The van der Waals surface area contributed by atoms with Crippen molar-refractivity contribution in [2.24, 2.45) is 5.73 Å². The Morgan fingerprint density at radius 1 is 1.47 bits per heavy atom. The van der Waals surface area contributed by atoms with Gasteiger partial charge >= 0.3 is 5.82 Å². The van der Waals surface area contributed by atoms with E-state index in [2.05, 4.69) is 21.0 Å². The zero-order valence-electron chi connectivity index (χ0n) is 9.62. The van der Waals surface area contributed by atoms with E-state index < -0.39 is 10.8 Å². The lowest BCUT2D eigenvalue weighted by Crippen LogP contribution is -2.15. The molecular weight excluding hydrogens is 316 g/mol. The Kier molecular flexibility index (Phi) is 3.61. The van der Waals surface area contributed by atoms with Crippen LogP contribution in [-0.4, -0.2) is 20.6 Å². The molecule has 0 fully saturated rings. The topological polar surface area (TPSA) is 104 Å². The maximum atomic E-state index is 11.3. The fourth-order valence-electron chi connectivity index (χ4n) is 1.66. The predicted octanol–water partition coefficient (Wildman–Crippen LogP) is 1.70. The van der Waals surface area contributed by atoms with Gasteiger partial charge in [0.15, 0.2) is 0 Å². The first kappa shape index (κ1) is 13.2. The van der Waals surface area contributed by atoms with Gasteiger partial charge in [0, 0.05) is 5.56 Å². The lowest BCUT2D eigenvalue weighted by Gasteiger charge is -2.04. The number of amides is 1. The zero-order valence-corrected chi connectivity index (χ0v) is 11.2. The summed E-state index contributed by atoms with van der Waals surface area (Å²) in [5, 5.41) is 14.5. The second-order valence-electron chi connectivity index (χ2n) is 3.78. The zero-order chi connectivity index (χ0) is 14.0. The van der Waals surface area contributed by atoms with Gasteiger partial charge in [0.25, 0.3) is 0 Å². The smallest absolute Gasteiger partial charge is 0.366 e. The van der Waals surface area contributed by atoms with Crippen LogP contribution in [0.3, 0.4) is 0 Å². The molecule has 19 heavy (non-hydrogen) atoms. The Morgan fingerprint density at radius 3 is 2.74 bits per heavy atom. The number of nitro groups is 1. The minimum atomic E-state index is -0.583. The van der Waals surface area contributed by atoms with Gasteiger partial charge in [0.05, 0.1) is 17.8 Å². The number of halogens is 1. The van der Waals surface area contributed by atoms with Crippen LogP contribution in [0.15, 0.2) is 34.9 Å². The number of carbonyl (C=O) groups is 1. The molecule has 0 atom stereocenters. The third-order valence-corrected chi connectivity index (χ3v) is 3.05. The Morgan fingerprint density at radius 2 is 2.16 bits per heavy atom. The Balaban J connectivity index is 2.34. The van der Waals surface area contributed by atoms with Crippen LogP contribution >= 0.6 is 15.9 Å². The third kappa shape index (κ3) is 2.79. The number of nitrogens with zero attached hydrogens (tertiary/aromatic N) is 3. The maximum absolute atomic E-state index is 11.3. The minimum absolute atomic E-state index is 0.228. The van der Waals surface area contributed by atoms with Crippen LogP contribution in [0.2, 0.25) is 0 Å². The van der Waals surface area contributed by atoms with Gasteiger partial charge in [-0.1, -0.05) is 18.2 Å². The van der Waals surface area contributed by atoms with E-state index in [1.807, 2.05) is 0 Å². The fourth-order valence-corrected chi connectivity index (χ4v) is 2.13. The van der Waals surface area contributed by atoms with Crippen LogP contribution in [0.25, 0.3) is 0 Å². The van der Waals surface area contributed by atoms with E-state index in [-0.39, 0.29) is 16.8 Å². The number of hydrogen-bond donors (Lipinski definition) is 1. The van der Waals surface area contributed by atoms with E-state index in [1.165, 1.54) is 10.9 Å². The van der Waals surface area contributed by atoms with Crippen LogP contribution in [0.1, 0.15) is 15.9 Å². The Labute approximate surface area is 116 Å². The van der Waals surface area contributed by atoms with Crippen molar-refractivity contribution in [3.05, 3.63) is 56.2 Å². The van der Waals surface area contributed by atoms with Crippen molar-refractivity contribution < 1.29 is 9.72 Å². The van der Waals surface area contributed by atoms with Crippen molar-refractivity contribution in [1.29, 1.82) is 0 Å². The summed E-state index contributed by atoms with van der Waals surface area (Å²) in [5.74, 6) is -0.812. The molecule has 2 N–H and O–H groups in total. The largest absolute Gasteiger partial charge is 0.404 e. The standard InChI is InChI=1S/C11H9BrN4O3/c12-9-6-15(14-11(9)16(18)19)5-7-3-1-2-4-8(7)10(13)17/h1-4,6H,5H2,(H2,13,17). The molecule has 0 saturated carbocycles. The van der Waals surface area contributed by atoms with Gasteiger partial charge in [-0.15, -0.1) is 0 Å². The summed E-state index contributed by atoms with van der Waals surface area (Å²) in [6, 6.07) is 6.78. The summed E-state index contributed by atoms with van der Waals surface area (Å²) < 4.78 is 1.67. The van der Waals surface area contributed by atoms with Crippen molar-refractivity contribution in [3.63, 3.8) is 0 Å². The molecule has 0 aliphatic heterocycles. The van der Waals surface area contributed by atoms with Gasteiger partial charge in [-0.2, -0.15) is 4.68 Å². The quantitative estimate of drug-likeness (QED) is 0.682. The molecule has 0 spiro atoms. The van der Waals surface area contributed by atoms with Gasteiger partial charge in [-0.25, -0.2) is 0 Å².